The van der Waals surface area contributed by atoms with Gasteiger partial charge in [0.1, 0.15) is 0 Å². The molecule has 0 radical (unpaired) electrons. The molecule has 1 aliphatic heterocycles. The van der Waals surface area contributed by atoms with Crippen LogP contribution in [0, 0.1) is 13.2 Å². The van der Waals surface area contributed by atoms with Gasteiger partial charge in [0.2, 0.25) is 0 Å². The minimum absolute atomic E-state index is 0. The Labute approximate surface area is 168 Å². The SMILES string of the molecule is C=CC(C[CH-]B1OC(C)(C)C(C)(C)O1)c1ccccc1.[CH2-]CCC.[Zn+2]. The van der Waals surface area contributed by atoms with Crippen molar-refractivity contribution in [1.29, 1.82) is 0 Å². The number of unbranched alkanes of at least 4 members (excludes halogenated alkanes) is 1. The second kappa shape index (κ2) is 11.3. The molecule has 0 bridgehead atoms. The molecule has 0 amide bonds. The third-order valence-electron chi connectivity index (χ3n) is 4.72. The maximum Gasteiger partial charge on any atom is 2.00 e. The standard InChI is InChI=1S/C17H24BO2.C4H9.Zn/c1-6-14(15-10-8-7-9-11-15)12-13-18-19-16(2,3)17(4,5)20-18;1-3-4-2;/h6-11,13-14H,1,12H2,2-5H3;1,3-4H2,2H3;/q2*-1;+2. The van der Waals surface area contributed by atoms with E-state index in [1.807, 2.05) is 12.1 Å². The minimum atomic E-state index is -0.273. The summed E-state index contributed by atoms with van der Waals surface area (Å²) in [4.78, 5) is 0. The van der Waals surface area contributed by atoms with Crippen LogP contribution in [-0.4, -0.2) is 18.3 Å². The molecule has 1 fully saturated rings. The van der Waals surface area contributed by atoms with Crippen LogP contribution in [0.5, 0.6) is 0 Å². The predicted molar refractivity (Wildman–Crippen MR) is 105 cm³/mol. The summed E-state index contributed by atoms with van der Waals surface area (Å²) in [5.41, 5.74) is 0.727. The molecule has 25 heavy (non-hydrogen) atoms. The monoisotopic (exact) mass is 392 g/mol. The smallest absolute Gasteiger partial charge is 0.430 e. The largest absolute Gasteiger partial charge is 2.00 e. The number of allylic oxidation sites excluding steroid dienone is 1. The van der Waals surface area contributed by atoms with Gasteiger partial charge in [-0.15, -0.1) is 6.58 Å². The number of rotatable bonds is 6. The fraction of sp³-hybridized carbons (Fsp3) is 0.524. The Bertz CT molecular complexity index is 470. The third kappa shape index (κ3) is 7.37. The summed E-state index contributed by atoms with van der Waals surface area (Å²) < 4.78 is 12.0. The Balaban J connectivity index is 0.00000104. The minimum Gasteiger partial charge on any atom is -0.430 e. The van der Waals surface area contributed by atoms with Crippen molar-refractivity contribution in [2.45, 2.75) is 71.0 Å². The van der Waals surface area contributed by atoms with E-state index < -0.39 is 0 Å². The molecule has 1 aromatic carbocycles. The van der Waals surface area contributed by atoms with Gasteiger partial charge in [-0.05, 0) is 39.2 Å². The number of hydrogen-bond acceptors (Lipinski definition) is 2. The number of hydrogen-bond donors (Lipinski definition) is 0. The molecule has 1 aromatic rings. The Morgan fingerprint density at radius 2 is 1.64 bits per heavy atom. The zero-order chi connectivity index (χ0) is 18.2. The van der Waals surface area contributed by atoms with Crippen molar-refractivity contribution in [3.05, 3.63) is 61.8 Å². The van der Waals surface area contributed by atoms with Gasteiger partial charge in [0.15, 0.2) is 0 Å². The average molecular weight is 394 g/mol. The molecule has 4 heteroatoms. The van der Waals surface area contributed by atoms with Gasteiger partial charge in [0, 0.05) is 0 Å². The van der Waals surface area contributed by atoms with Crippen LogP contribution in [0.15, 0.2) is 43.0 Å². The first-order valence-electron chi connectivity index (χ1n) is 8.93. The quantitative estimate of drug-likeness (QED) is 0.345. The Morgan fingerprint density at radius 1 is 1.16 bits per heavy atom. The van der Waals surface area contributed by atoms with E-state index in [9.17, 15) is 0 Å². The van der Waals surface area contributed by atoms with Gasteiger partial charge >= 0.3 is 19.5 Å². The molecule has 1 aliphatic rings. The molecule has 1 saturated heterocycles. The van der Waals surface area contributed by atoms with E-state index in [0.717, 1.165) is 12.8 Å². The molecular formula is C21H33BO2Zn. The van der Waals surface area contributed by atoms with Gasteiger partial charge in [-0.1, -0.05) is 49.8 Å². The van der Waals surface area contributed by atoms with E-state index in [-0.39, 0.29) is 37.8 Å². The van der Waals surface area contributed by atoms with Gasteiger partial charge in [-0.25, -0.2) is 0 Å². The summed E-state index contributed by atoms with van der Waals surface area (Å²) >= 11 is 0. The second-order valence-corrected chi connectivity index (χ2v) is 7.20. The van der Waals surface area contributed by atoms with Crippen LogP contribution < -0.4 is 0 Å². The van der Waals surface area contributed by atoms with E-state index in [1.165, 1.54) is 12.0 Å². The third-order valence-corrected chi connectivity index (χ3v) is 4.72. The summed E-state index contributed by atoms with van der Waals surface area (Å²) in [6, 6.07) is 10.4. The van der Waals surface area contributed by atoms with Crippen molar-refractivity contribution in [1.82, 2.24) is 0 Å². The molecule has 2 rings (SSSR count). The molecule has 0 N–H and O–H groups in total. The normalized spacial score (nSPS) is 18.6. The van der Waals surface area contributed by atoms with Gasteiger partial charge in [-0.2, -0.15) is 12.8 Å². The predicted octanol–water partition coefficient (Wildman–Crippen LogP) is 5.80. The van der Waals surface area contributed by atoms with Crippen LogP contribution in [0.25, 0.3) is 0 Å². The summed E-state index contributed by atoms with van der Waals surface area (Å²) in [6.45, 7) is 18.0. The van der Waals surface area contributed by atoms with E-state index in [0.29, 0.717) is 5.92 Å². The first kappa shape index (κ1) is 24.6. The van der Waals surface area contributed by atoms with Crippen LogP contribution in [0.1, 0.15) is 65.4 Å². The van der Waals surface area contributed by atoms with Crippen LogP contribution in [0.3, 0.4) is 0 Å². The molecule has 1 heterocycles. The first-order valence-corrected chi connectivity index (χ1v) is 8.93. The summed E-state index contributed by atoms with van der Waals surface area (Å²) in [7, 11) is -0.244. The van der Waals surface area contributed by atoms with Crippen molar-refractivity contribution in [2.24, 2.45) is 0 Å². The van der Waals surface area contributed by atoms with Crippen molar-refractivity contribution in [3.8, 4) is 0 Å². The first-order chi connectivity index (χ1) is 11.3. The molecule has 0 spiro atoms. The maximum atomic E-state index is 5.98. The van der Waals surface area contributed by atoms with Crippen molar-refractivity contribution in [3.63, 3.8) is 0 Å². The van der Waals surface area contributed by atoms with Crippen molar-refractivity contribution < 1.29 is 28.8 Å². The van der Waals surface area contributed by atoms with E-state index >= 15 is 0 Å². The zero-order valence-corrected chi connectivity index (χ0v) is 19.7. The Morgan fingerprint density at radius 3 is 2.04 bits per heavy atom. The zero-order valence-electron chi connectivity index (χ0n) is 16.8. The van der Waals surface area contributed by atoms with Crippen molar-refractivity contribution in [2.75, 3.05) is 0 Å². The summed E-state index contributed by atoms with van der Waals surface area (Å²) in [5, 5.41) is 0. The van der Waals surface area contributed by atoms with E-state index in [1.54, 1.807) is 0 Å². The molecule has 0 aromatic heterocycles. The molecule has 1 atom stereocenters. The summed E-state index contributed by atoms with van der Waals surface area (Å²) in [5.74, 6) is 0.301. The van der Waals surface area contributed by atoms with Crippen molar-refractivity contribution >= 4 is 7.12 Å². The van der Waals surface area contributed by atoms with Gasteiger partial charge in [0.05, 0.1) is 11.2 Å². The average Bonchev–Trinajstić information content (AvgIpc) is 2.76. The Hall–Kier alpha value is -0.432. The molecular weight excluding hydrogens is 360 g/mol. The van der Waals surface area contributed by atoms with Gasteiger partial charge in [-0.3, -0.25) is 6.32 Å². The molecule has 0 saturated carbocycles. The fourth-order valence-corrected chi connectivity index (χ4v) is 2.31. The number of benzene rings is 1. The van der Waals surface area contributed by atoms with Crippen LogP contribution in [0.2, 0.25) is 0 Å². The molecule has 0 aliphatic carbocycles. The molecule has 2 nitrogen and oxygen atoms in total. The maximum absolute atomic E-state index is 5.98. The molecule has 1 unspecified atom stereocenters. The van der Waals surface area contributed by atoms with Crippen LogP contribution in [0.4, 0.5) is 0 Å². The second-order valence-electron chi connectivity index (χ2n) is 7.20. The van der Waals surface area contributed by atoms with Crippen LogP contribution in [-0.2, 0) is 28.8 Å². The van der Waals surface area contributed by atoms with Gasteiger partial charge < -0.3 is 16.2 Å². The van der Waals surface area contributed by atoms with E-state index in [2.05, 4.69) is 78.7 Å². The molecule has 134 valence electrons. The fourth-order valence-electron chi connectivity index (χ4n) is 2.31. The summed E-state index contributed by atoms with van der Waals surface area (Å²) in [6.07, 6.45) is 7.23. The topological polar surface area (TPSA) is 18.5 Å². The van der Waals surface area contributed by atoms with E-state index in [4.69, 9.17) is 9.31 Å². The van der Waals surface area contributed by atoms with Crippen LogP contribution >= 0.6 is 0 Å². The Kier molecular flexibility index (Phi) is 11.1. The van der Waals surface area contributed by atoms with Gasteiger partial charge in [0.25, 0.3) is 7.12 Å².